The molecule has 0 aliphatic heterocycles. The van der Waals surface area contributed by atoms with Gasteiger partial charge in [-0.15, -0.1) is 0 Å². The second kappa shape index (κ2) is 6.45. The van der Waals surface area contributed by atoms with Crippen molar-refractivity contribution >= 4 is 6.03 Å². The number of carbonyl (C=O) groups is 1. The number of hydrogen-bond acceptors (Lipinski definition) is 2. The zero-order chi connectivity index (χ0) is 13.7. The van der Waals surface area contributed by atoms with Crippen LogP contribution in [-0.4, -0.2) is 25.2 Å². The Labute approximate surface area is 114 Å². The Hall–Kier alpha value is -1.71. The van der Waals surface area contributed by atoms with Gasteiger partial charge in [0.15, 0.2) is 0 Å². The summed E-state index contributed by atoms with van der Waals surface area (Å²) in [6, 6.07) is 8.39. The fourth-order valence-corrected chi connectivity index (χ4v) is 1.75. The minimum absolute atomic E-state index is 0.0961. The van der Waals surface area contributed by atoms with Gasteiger partial charge in [0, 0.05) is 6.04 Å². The van der Waals surface area contributed by atoms with E-state index in [1.54, 1.807) is 0 Å². The molecule has 0 atom stereocenters. The molecular weight excluding hydrogens is 240 g/mol. The molecule has 0 heterocycles. The number of nitrogens with one attached hydrogen (secondary N) is 2. The van der Waals surface area contributed by atoms with Crippen LogP contribution in [-0.2, 0) is 0 Å². The average molecular weight is 262 g/mol. The lowest BCUT2D eigenvalue weighted by Crippen LogP contribution is -2.38. The molecule has 2 N–H and O–H groups in total. The first-order chi connectivity index (χ1) is 9.15. The van der Waals surface area contributed by atoms with Crippen LogP contribution in [0.15, 0.2) is 24.3 Å². The summed E-state index contributed by atoms with van der Waals surface area (Å²) in [6.45, 7) is 5.33. The van der Waals surface area contributed by atoms with Crippen molar-refractivity contribution in [1.82, 2.24) is 10.6 Å². The summed E-state index contributed by atoms with van der Waals surface area (Å²) in [5.41, 5.74) is 1.30. The fraction of sp³-hybridized carbons (Fsp3) is 0.533. The van der Waals surface area contributed by atoms with Crippen LogP contribution >= 0.6 is 0 Å². The standard InChI is InChI=1S/C15H22N2O2/c1-11(2)12-3-7-14(8-4-12)19-10-9-16-15(18)17-13-5-6-13/h3-4,7-8,11,13H,5-6,9-10H2,1-2H3,(H2,16,17,18). The fourth-order valence-electron chi connectivity index (χ4n) is 1.75. The monoisotopic (exact) mass is 262 g/mol. The van der Waals surface area contributed by atoms with Crippen molar-refractivity contribution in [2.75, 3.05) is 13.2 Å². The van der Waals surface area contributed by atoms with Gasteiger partial charge in [0.1, 0.15) is 12.4 Å². The van der Waals surface area contributed by atoms with Gasteiger partial charge < -0.3 is 15.4 Å². The maximum Gasteiger partial charge on any atom is 0.315 e. The molecule has 0 spiro atoms. The quantitative estimate of drug-likeness (QED) is 0.774. The molecule has 1 aromatic carbocycles. The summed E-state index contributed by atoms with van der Waals surface area (Å²) in [6.07, 6.45) is 2.21. The molecule has 0 radical (unpaired) electrons. The van der Waals surface area contributed by atoms with Crippen molar-refractivity contribution in [3.8, 4) is 5.75 Å². The van der Waals surface area contributed by atoms with Gasteiger partial charge in [-0.25, -0.2) is 4.79 Å². The smallest absolute Gasteiger partial charge is 0.315 e. The second-order valence-electron chi connectivity index (χ2n) is 5.25. The summed E-state index contributed by atoms with van der Waals surface area (Å²) in [4.78, 5) is 11.3. The Morgan fingerprint density at radius 2 is 2.00 bits per heavy atom. The summed E-state index contributed by atoms with van der Waals surface area (Å²) < 4.78 is 5.57. The highest BCUT2D eigenvalue weighted by atomic mass is 16.5. The Bertz CT molecular complexity index is 411. The highest BCUT2D eigenvalue weighted by Gasteiger charge is 2.22. The van der Waals surface area contributed by atoms with Gasteiger partial charge in [-0.05, 0) is 36.5 Å². The molecule has 4 nitrogen and oxygen atoms in total. The van der Waals surface area contributed by atoms with Crippen LogP contribution in [0.2, 0.25) is 0 Å². The van der Waals surface area contributed by atoms with E-state index in [0.29, 0.717) is 25.1 Å². The maximum atomic E-state index is 11.3. The van der Waals surface area contributed by atoms with Gasteiger partial charge >= 0.3 is 6.03 Å². The third-order valence-corrected chi connectivity index (χ3v) is 3.12. The van der Waals surface area contributed by atoms with Crippen molar-refractivity contribution in [1.29, 1.82) is 0 Å². The summed E-state index contributed by atoms with van der Waals surface area (Å²) in [5, 5.41) is 5.65. The molecule has 19 heavy (non-hydrogen) atoms. The van der Waals surface area contributed by atoms with E-state index in [2.05, 4.69) is 36.6 Å². The molecule has 104 valence electrons. The molecule has 0 bridgehead atoms. The first kappa shape index (κ1) is 13.7. The minimum atomic E-state index is -0.0961. The number of amides is 2. The normalized spacial score (nSPS) is 14.3. The molecule has 1 saturated carbocycles. The predicted octanol–water partition coefficient (Wildman–Crippen LogP) is 2.65. The number of urea groups is 1. The third-order valence-electron chi connectivity index (χ3n) is 3.12. The Morgan fingerprint density at radius 1 is 1.32 bits per heavy atom. The molecule has 0 unspecified atom stereocenters. The SMILES string of the molecule is CC(C)c1ccc(OCCNC(=O)NC2CC2)cc1. The number of benzene rings is 1. The first-order valence-corrected chi connectivity index (χ1v) is 6.92. The molecule has 1 aromatic rings. The molecule has 4 heteroatoms. The third kappa shape index (κ3) is 4.81. The van der Waals surface area contributed by atoms with Crippen molar-refractivity contribution in [2.24, 2.45) is 0 Å². The Balaban J connectivity index is 1.63. The van der Waals surface area contributed by atoms with E-state index in [1.165, 1.54) is 5.56 Å². The van der Waals surface area contributed by atoms with Crippen molar-refractivity contribution in [2.45, 2.75) is 38.6 Å². The lowest BCUT2D eigenvalue weighted by molar-refractivity contribution is 0.236. The summed E-state index contributed by atoms with van der Waals surface area (Å²) >= 11 is 0. The number of ether oxygens (including phenoxy) is 1. The lowest BCUT2D eigenvalue weighted by atomic mass is 10.0. The largest absolute Gasteiger partial charge is 0.492 e. The van der Waals surface area contributed by atoms with Crippen molar-refractivity contribution < 1.29 is 9.53 Å². The molecule has 2 rings (SSSR count). The van der Waals surface area contributed by atoms with Gasteiger partial charge in [-0.1, -0.05) is 26.0 Å². The van der Waals surface area contributed by atoms with E-state index in [1.807, 2.05) is 12.1 Å². The van der Waals surface area contributed by atoms with E-state index in [4.69, 9.17) is 4.74 Å². The van der Waals surface area contributed by atoms with Gasteiger partial charge in [0.05, 0.1) is 6.54 Å². The van der Waals surface area contributed by atoms with Crippen LogP contribution in [0.3, 0.4) is 0 Å². The van der Waals surface area contributed by atoms with Crippen LogP contribution in [0.1, 0.15) is 38.2 Å². The summed E-state index contributed by atoms with van der Waals surface area (Å²) in [7, 11) is 0. The molecule has 1 aliphatic carbocycles. The molecule has 0 saturated heterocycles. The highest BCUT2D eigenvalue weighted by molar-refractivity contribution is 5.74. The van der Waals surface area contributed by atoms with Gasteiger partial charge in [0.25, 0.3) is 0 Å². The molecule has 1 fully saturated rings. The molecular formula is C15H22N2O2. The topological polar surface area (TPSA) is 50.4 Å². The van der Waals surface area contributed by atoms with Crippen LogP contribution in [0.4, 0.5) is 4.79 Å². The van der Waals surface area contributed by atoms with Crippen LogP contribution in [0, 0.1) is 0 Å². The zero-order valence-corrected chi connectivity index (χ0v) is 11.6. The molecule has 1 aliphatic rings. The predicted molar refractivity (Wildman–Crippen MR) is 75.6 cm³/mol. The van der Waals surface area contributed by atoms with Gasteiger partial charge in [-0.3, -0.25) is 0 Å². The van der Waals surface area contributed by atoms with Crippen LogP contribution in [0.5, 0.6) is 5.75 Å². The van der Waals surface area contributed by atoms with Gasteiger partial charge in [0.2, 0.25) is 0 Å². The second-order valence-corrected chi connectivity index (χ2v) is 5.25. The molecule has 0 aromatic heterocycles. The zero-order valence-electron chi connectivity index (χ0n) is 11.6. The number of rotatable bonds is 6. The average Bonchev–Trinajstić information content (AvgIpc) is 3.19. The Kier molecular flexibility index (Phi) is 4.66. The van der Waals surface area contributed by atoms with E-state index >= 15 is 0 Å². The van der Waals surface area contributed by atoms with E-state index < -0.39 is 0 Å². The van der Waals surface area contributed by atoms with Crippen molar-refractivity contribution in [3.05, 3.63) is 29.8 Å². The van der Waals surface area contributed by atoms with E-state index in [-0.39, 0.29) is 6.03 Å². The van der Waals surface area contributed by atoms with Crippen LogP contribution < -0.4 is 15.4 Å². The van der Waals surface area contributed by atoms with E-state index in [9.17, 15) is 4.79 Å². The van der Waals surface area contributed by atoms with Crippen LogP contribution in [0.25, 0.3) is 0 Å². The summed E-state index contributed by atoms with van der Waals surface area (Å²) in [5.74, 6) is 1.37. The Morgan fingerprint density at radius 3 is 2.58 bits per heavy atom. The van der Waals surface area contributed by atoms with Gasteiger partial charge in [-0.2, -0.15) is 0 Å². The maximum absolute atomic E-state index is 11.3. The van der Waals surface area contributed by atoms with Crippen molar-refractivity contribution in [3.63, 3.8) is 0 Å². The molecule has 2 amide bonds. The minimum Gasteiger partial charge on any atom is -0.492 e. The highest BCUT2D eigenvalue weighted by Crippen LogP contribution is 2.19. The number of carbonyl (C=O) groups excluding carboxylic acids is 1. The number of hydrogen-bond donors (Lipinski definition) is 2. The first-order valence-electron chi connectivity index (χ1n) is 6.92. The van der Waals surface area contributed by atoms with E-state index in [0.717, 1.165) is 18.6 Å². The lowest BCUT2D eigenvalue weighted by Gasteiger charge is -2.10.